The van der Waals surface area contributed by atoms with E-state index in [0.717, 1.165) is 18.4 Å². The van der Waals surface area contributed by atoms with Crippen LogP contribution >= 0.6 is 11.6 Å². The second-order valence-electron chi connectivity index (χ2n) is 5.89. The standard InChI is InChI=1S/C16H21ClO3/c17-13-3-4-15(12(9-13)10-18)19-11-14-5-8-16(20-14)6-1-2-7-16/h3-4,9,14,18H,1-2,5-8,10-11H2. The molecular weight excluding hydrogens is 276 g/mol. The van der Waals surface area contributed by atoms with E-state index in [0.29, 0.717) is 17.4 Å². The molecular formula is C16H21ClO3. The van der Waals surface area contributed by atoms with Crippen LogP contribution < -0.4 is 4.74 Å². The van der Waals surface area contributed by atoms with Crippen LogP contribution in [0.15, 0.2) is 18.2 Å². The highest BCUT2D eigenvalue weighted by Crippen LogP contribution is 2.43. The van der Waals surface area contributed by atoms with Crippen molar-refractivity contribution in [3.05, 3.63) is 28.8 Å². The molecule has 1 spiro atoms. The molecule has 2 aliphatic rings. The maximum absolute atomic E-state index is 9.33. The second kappa shape index (κ2) is 5.92. The lowest BCUT2D eigenvalue weighted by Crippen LogP contribution is -2.27. The van der Waals surface area contributed by atoms with Crippen LogP contribution in [0.25, 0.3) is 0 Å². The van der Waals surface area contributed by atoms with Crippen LogP contribution in [-0.2, 0) is 11.3 Å². The van der Waals surface area contributed by atoms with Crippen molar-refractivity contribution in [3.8, 4) is 5.75 Å². The van der Waals surface area contributed by atoms with Crippen LogP contribution in [0.4, 0.5) is 0 Å². The highest BCUT2D eigenvalue weighted by molar-refractivity contribution is 6.30. The van der Waals surface area contributed by atoms with Gasteiger partial charge in [-0.15, -0.1) is 0 Å². The van der Waals surface area contributed by atoms with E-state index in [-0.39, 0.29) is 18.3 Å². The first kappa shape index (κ1) is 14.2. The lowest BCUT2D eigenvalue weighted by atomic mass is 9.98. The highest BCUT2D eigenvalue weighted by atomic mass is 35.5. The van der Waals surface area contributed by atoms with Crippen molar-refractivity contribution in [2.75, 3.05) is 6.61 Å². The minimum absolute atomic E-state index is 0.0641. The fourth-order valence-corrected chi connectivity index (χ4v) is 3.59. The summed E-state index contributed by atoms with van der Waals surface area (Å²) in [7, 11) is 0. The summed E-state index contributed by atoms with van der Waals surface area (Å²) in [4.78, 5) is 0. The molecule has 1 aromatic carbocycles. The van der Waals surface area contributed by atoms with Gasteiger partial charge in [-0.25, -0.2) is 0 Å². The molecule has 2 fully saturated rings. The molecule has 4 heteroatoms. The maximum atomic E-state index is 9.33. The smallest absolute Gasteiger partial charge is 0.125 e. The van der Waals surface area contributed by atoms with Crippen molar-refractivity contribution >= 4 is 11.6 Å². The zero-order valence-electron chi connectivity index (χ0n) is 11.6. The molecule has 0 radical (unpaired) electrons. The normalized spacial score (nSPS) is 24.4. The Kier molecular flexibility index (Phi) is 4.20. The molecule has 0 amide bonds. The number of hydrogen-bond donors (Lipinski definition) is 1. The Morgan fingerprint density at radius 3 is 2.85 bits per heavy atom. The summed E-state index contributed by atoms with van der Waals surface area (Å²) < 4.78 is 12.0. The van der Waals surface area contributed by atoms with Crippen molar-refractivity contribution in [1.82, 2.24) is 0 Å². The molecule has 1 unspecified atom stereocenters. The summed E-state index contributed by atoms with van der Waals surface area (Å²) in [6, 6.07) is 5.34. The Morgan fingerprint density at radius 1 is 1.30 bits per heavy atom. The predicted molar refractivity (Wildman–Crippen MR) is 78.2 cm³/mol. The fraction of sp³-hybridized carbons (Fsp3) is 0.625. The highest BCUT2D eigenvalue weighted by Gasteiger charge is 2.42. The number of aliphatic hydroxyl groups is 1. The molecule has 0 aromatic heterocycles. The van der Waals surface area contributed by atoms with E-state index in [4.69, 9.17) is 21.1 Å². The Bertz CT molecular complexity index is 469. The van der Waals surface area contributed by atoms with Crippen molar-refractivity contribution in [3.63, 3.8) is 0 Å². The van der Waals surface area contributed by atoms with Crippen LogP contribution in [0.1, 0.15) is 44.1 Å². The zero-order valence-corrected chi connectivity index (χ0v) is 12.4. The van der Waals surface area contributed by atoms with Gasteiger partial charge in [-0.3, -0.25) is 0 Å². The van der Waals surface area contributed by atoms with E-state index in [1.165, 1.54) is 25.7 Å². The molecule has 1 saturated carbocycles. The molecule has 0 bridgehead atoms. The Morgan fingerprint density at radius 2 is 2.10 bits per heavy atom. The third-order valence-corrected chi connectivity index (χ3v) is 4.71. The molecule has 1 saturated heterocycles. The minimum Gasteiger partial charge on any atom is -0.491 e. The van der Waals surface area contributed by atoms with E-state index in [1.54, 1.807) is 12.1 Å². The van der Waals surface area contributed by atoms with Gasteiger partial charge in [-0.1, -0.05) is 24.4 Å². The first-order chi connectivity index (χ1) is 9.71. The van der Waals surface area contributed by atoms with Crippen LogP contribution in [0.2, 0.25) is 5.02 Å². The predicted octanol–water partition coefficient (Wildman–Crippen LogP) is 3.70. The van der Waals surface area contributed by atoms with Gasteiger partial charge >= 0.3 is 0 Å². The fourth-order valence-electron chi connectivity index (χ4n) is 3.40. The van der Waals surface area contributed by atoms with E-state index < -0.39 is 0 Å². The lowest BCUT2D eigenvalue weighted by Gasteiger charge is -2.24. The molecule has 1 heterocycles. The molecule has 1 aromatic rings. The summed E-state index contributed by atoms with van der Waals surface area (Å²) >= 11 is 5.91. The number of ether oxygens (including phenoxy) is 2. The summed E-state index contributed by atoms with van der Waals surface area (Å²) in [6.45, 7) is 0.488. The van der Waals surface area contributed by atoms with E-state index >= 15 is 0 Å². The Balaban J connectivity index is 1.57. The molecule has 1 N–H and O–H groups in total. The molecule has 3 nitrogen and oxygen atoms in total. The average Bonchev–Trinajstić information content (AvgIpc) is 3.08. The van der Waals surface area contributed by atoms with Gasteiger partial charge < -0.3 is 14.6 Å². The minimum atomic E-state index is -0.0641. The average molecular weight is 297 g/mol. The molecule has 1 atom stereocenters. The topological polar surface area (TPSA) is 38.7 Å². The van der Waals surface area contributed by atoms with Gasteiger partial charge in [0.15, 0.2) is 0 Å². The molecule has 1 aliphatic carbocycles. The SMILES string of the molecule is OCc1cc(Cl)ccc1OCC1CCC2(CCCC2)O1. The number of benzene rings is 1. The molecule has 20 heavy (non-hydrogen) atoms. The lowest BCUT2D eigenvalue weighted by molar-refractivity contribution is -0.0510. The largest absolute Gasteiger partial charge is 0.491 e. The van der Waals surface area contributed by atoms with Gasteiger partial charge in [0.25, 0.3) is 0 Å². The zero-order chi connectivity index (χ0) is 14.0. The van der Waals surface area contributed by atoms with Gasteiger partial charge in [0.2, 0.25) is 0 Å². The summed E-state index contributed by atoms with van der Waals surface area (Å²) in [5, 5.41) is 9.95. The van der Waals surface area contributed by atoms with Crippen molar-refractivity contribution < 1.29 is 14.6 Å². The van der Waals surface area contributed by atoms with Crippen LogP contribution in [0, 0.1) is 0 Å². The summed E-state index contributed by atoms with van der Waals surface area (Å²) in [6.07, 6.45) is 7.39. The third kappa shape index (κ3) is 2.95. The third-order valence-electron chi connectivity index (χ3n) is 4.47. The van der Waals surface area contributed by atoms with Crippen molar-refractivity contribution in [2.45, 2.75) is 56.8 Å². The number of rotatable bonds is 4. The second-order valence-corrected chi connectivity index (χ2v) is 6.33. The Hall–Kier alpha value is -0.770. The van der Waals surface area contributed by atoms with Crippen LogP contribution in [-0.4, -0.2) is 23.4 Å². The quantitative estimate of drug-likeness (QED) is 0.920. The number of hydrogen-bond acceptors (Lipinski definition) is 3. The monoisotopic (exact) mass is 296 g/mol. The summed E-state index contributed by atoms with van der Waals surface area (Å²) in [5.74, 6) is 0.702. The molecule has 3 rings (SSSR count). The van der Waals surface area contributed by atoms with Gasteiger partial charge in [0, 0.05) is 10.6 Å². The van der Waals surface area contributed by atoms with Gasteiger partial charge in [0.05, 0.1) is 18.3 Å². The van der Waals surface area contributed by atoms with Gasteiger partial charge in [-0.2, -0.15) is 0 Å². The van der Waals surface area contributed by atoms with E-state index in [9.17, 15) is 5.11 Å². The Labute approximate surface area is 124 Å². The molecule has 110 valence electrons. The van der Waals surface area contributed by atoms with Gasteiger partial charge in [-0.05, 0) is 43.9 Å². The first-order valence-corrected chi connectivity index (χ1v) is 7.78. The van der Waals surface area contributed by atoms with Crippen molar-refractivity contribution in [1.29, 1.82) is 0 Å². The van der Waals surface area contributed by atoms with Crippen molar-refractivity contribution in [2.24, 2.45) is 0 Å². The molecule has 1 aliphatic heterocycles. The van der Waals surface area contributed by atoms with Crippen LogP contribution in [0.5, 0.6) is 5.75 Å². The number of aliphatic hydroxyl groups excluding tert-OH is 1. The number of halogens is 1. The van der Waals surface area contributed by atoms with Gasteiger partial charge in [0.1, 0.15) is 12.4 Å². The van der Waals surface area contributed by atoms with Crippen LogP contribution in [0.3, 0.4) is 0 Å². The first-order valence-electron chi connectivity index (χ1n) is 7.41. The van der Waals surface area contributed by atoms with E-state index in [1.807, 2.05) is 6.07 Å². The maximum Gasteiger partial charge on any atom is 0.125 e. The summed E-state index contributed by atoms with van der Waals surface area (Å²) in [5.41, 5.74) is 0.875. The van der Waals surface area contributed by atoms with E-state index in [2.05, 4.69) is 0 Å².